The Morgan fingerprint density at radius 3 is 2.85 bits per heavy atom. The minimum absolute atomic E-state index is 0.0387. The predicted octanol–water partition coefficient (Wildman–Crippen LogP) is 3.65. The van der Waals surface area contributed by atoms with Crippen LogP contribution in [-0.4, -0.2) is 27.8 Å². The molecule has 7 nitrogen and oxygen atoms in total. The lowest BCUT2D eigenvalue weighted by atomic mass is 10.1. The van der Waals surface area contributed by atoms with E-state index in [2.05, 4.69) is 15.4 Å². The van der Waals surface area contributed by atoms with Crippen LogP contribution in [0.1, 0.15) is 5.69 Å². The molecule has 7 heteroatoms. The maximum atomic E-state index is 12.5. The van der Waals surface area contributed by atoms with Gasteiger partial charge < -0.3 is 14.5 Å². The fourth-order valence-electron chi connectivity index (χ4n) is 3.10. The summed E-state index contributed by atoms with van der Waals surface area (Å²) in [5.41, 5.74) is 2.94. The minimum atomic E-state index is -0.214. The van der Waals surface area contributed by atoms with Crippen molar-refractivity contribution in [1.29, 1.82) is 0 Å². The third kappa shape index (κ3) is 3.15. The van der Waals surface area contributed by atoms with Crippen molar-refractivity contribution in [3.63, 3.8) is 0 Å². The van der Waals surface area contributed by atoms with E-state index in [1.807, 2.05) is 37.3 Å². The lowest BCUT2D eigenvalue weighted by molar-refractivity contribution is -0.116. The Bertz CT molecular complexity index is 1100. The number of carbonyl (C=O) groups excluding carboxylic acids is 1. The Morgan fingerprint density at radius 2 is 2.07 bits per heavy atom. The number of fused-ring (bicyclic) bond motifs is 1. The molecule has 1 aromatic carbocycles. The normalized spacial score (nSPS) is 10.9. The molecule has 4 rings (SSSR count). The fourth-order valence-corrected chi connectivity index (χ4v) is 3.10. The number of ether oxygens (including phenoxy) is 1. The Kier molecular flexibility index (Phi) is 4.33. The maximum Gasteiger partial charge on any atom is 0.246 e. The van der Waals surface area contributed by atoms with Crippen LogP contribution in [0.5, 0.6) is 5.75 Å². The van der Waals surface area contributed by atoms with E-state index in [0.29, 0.717) is 17.1 Å². The summed E-state index contributed by atoms with van der Waals surface area (Å²) in [6.07, 6.45) is 3.32. The van der Waals surface area contributed by atoms with Crippen molar-refractivity contribution in [2.24, 2.45) is 0 Å². The van der Waals surface area contributed by atoms with Gasteiger partial charge in [0.05, 0.1) is 30.1 Å². The molecule has 0 aliphatic rings. The van der Waals surface area contributed by atoms with Crippen molar-refractivity contribution in [2.75, 3.05) is 12.4 Å². The third-order valence-electron chi connectivity index (χ3n) is 4.27. The molecule has 0 bridgehead atoms. The highest BCUT2D eigenvalue weighted by molar-refractivity contribution is 5.96. The molecule has 1 amide bonds. The van der Waals surface area contributed by atoms with Gasteiger partial charge in [-0.25, -0.2) is 9.67 Å². The number of pyridine rings is 1. The smallest absolute Gasteiger partial charge is 0.246 e. The molecule has 3 aromatic heterocycles. The van der Waals surface area contributed by atoms with E-state index in [1.54, 1.807) is 36.4 Å². The van der Waals surface area contributed by atoms with Crippen LogP contribution in [0.15, 0.2) is 59.3 Å². The number of furan rings is 1. The molecule has 0 aliphatic carbocycles. The first kappa shape index (κ1) is 16.8. The van der Waals surface area contributed by atoms with Gasteiger partial charge in [-0.3, -0.25) is 4.79 Å². The third-order valence-corrected chi connectivity index (χ3v) is 4.27. The second-order valence-corrected chi connectivity index (χ2v) is 6.03. The summed E-state index contributed by atoms with van der Waals surface area (Å²) >= 11 is 0. The van der Waals surface area contributed by atoms with Gasteiger partial charge >= 0.3 is 0 Å². The average molecular weight is 362 g/mol. The number of methoxy groups -OCH3 is 1. The van der Waals surface area contributed by atoms with Crippen molar-refractivity contribution in [1.82, 2.24) is 14.8 Å². The molecule has 0 fully saturated rings. The molecule has 136 valence electrons. The van der Waals surface area contributed by atoms with Crippen LogP contribution in [-0.2, 0) is 11.3 Å². The summed E-state index contributed by atoms with van der Waals surface area (Å²) in [6, 6.07) is 12.9. The number of para-hydroxylation sites is 2. The zero-order chi connectivity index (χ0) is 18.8. The number of aryl methyl sites for hydroxylation is 1. The minimum Gasteiger partial charge on any atom is -0.495 e. The molecule has 0 saturated heterocycles. The summed E-state index contributed by atoms with van der Waals surface area (Å²) in [7, 11) is 1.56. The highest BCUT2D eigenvalue weighted by Crippen LogP contribution is 2.30. The van der Waals surface area contributed by atoms with Gasteiger partial charge in [0, 0.05) is 11.8 Å². The van der Waals surface area contributed by atoms with E-state index in [0.717, 1.165) is 22.4 Å². The van der Waals surface area contributed by atoms with Gasteiger partial charge in [-0.15, -0.1) is 0 Å². The number of benzene rings is 1. The molecule has 4 aromatic rings. The fraction of sp³-hybridized carbons (Fsp3) is 0.150. The van der Waals surface area contributed by atoms with Gasteiger partial charge in [-0.05, 0) is 37.3 Å². The van der Waals surface area contributed by atoms with E-state index in [1.165, 1.54) is 0 Å². The number of amides is 1. The van der Waals surface area contributed by atoms with E-state index in [-0.39, 0.29) is 12.5 Å². The van der Waals surface area contributed by atoms with Gasteiger partial charge in [-0.1, -0.05) is 12.1 Å². The van der Waals surface area contributed by atoms with Gasteiger partial charge in [0.1, 0.15) is 18.1 Å². The van der Waals surface area contributed by atoms with Crippen LogP contribution < -0.4 is 10.1 Å². The Morgan fingerprint density at radius 1 is 1.22 bits per heavy atom. The standard InChI is InChI=1S/C20H18N4O3/c1-13-19-14(16-8-5-11-27-16)9-10-21-20(19)24(23-13)12-18(25)22-15-6-3-4-7-17(15)26-2/h3-11H,12H2,1-2H3,(H,22,25). The van der Waals surface area contributed by atoms with Gasteiger partial charge in [0.25, 0.3) is 0 Å². The Labute approximate surface area is 155 Å². The van der Waals surface area contributed by atoms with Crippen molar-refractivity contribution in [3.05, 3.63) is 60.6 Å². The monoisotopic (exact) mass is 362 g/mol. The van der Waals surface area contributed by atoms with E-state index < -0.39 is 0 Å². The number of hydrogen-bond donors (Lipinski definition) is 1. The maximum absolute atomic E-state index is 12.5. The Balaban J connectivity index is 1.65. The molecule has 1 N–H and O–H groups in total. The second-order valence-electron chi connectivity index (χ2n) is 6.03. The van der Waals surface area contributed by atoms with Gasteiger partial charge in [0.2, 0.25) is 5.91 Å². The van der Waals surface area contributed by atoms with Gasteiger partial charge in [0.15, 0.2) is 5.65 Å². The summed E-state index contributed by atoms with van der Waals surface area (Å²) in [4.78, 5) is 17.0. The highest BCUT2D eigenvalue weighted by Gasteiger charge is 2.17. The van der Waals surface area contributed by atoms with E-state index in [9.17, 15) is 4.79 Å². The van der Waals surface area contributed by atoms with Crippen LogP contribution in [0.4, 0.5) is 5.69 Å². The van der Waals surface area contributed by atoms with Crippen molar-refractivity contribution in [2.45, 2.75) is 13.5 Å². The summed E-state index contributed by atoms with van der Waals surface area (Å²) < 4.78 is 12.4. The average Bonchev–Trinajstić information content (AvgIpc) is 3.31. The first-order valence-electron chi connectivity index (χ1n) is 8.46. The second kappa shape index (κ2) is 6.95. The molecular formula is C20H18N4O3. The summed E-state index contributed by atoms with van der Waals surface area (Å²) in [5.74, 6) is 1.13. The number of nitrogens with one attached hydrogen (secondary N) is 1. The topological polar surface area (TPSA) is 82.2 Å². The number of hydrogen-bond acceptors (Lipinski definition) is 5. The highest BCUT2D eigenvalue weighted by atomic mass is 16.5. The molecule has 0 radical (unpaired) electrons. The summed E-state index contributed by atoms with van der Waals surface area (Å²) in [5, 5.41) is 8.23. The lowest BCUT2D eigenvalue weighted by Crippen LogP contribution is -2.20. The number of nitrogens with zero attached hydrogens (tertiary/aromatic N) is 3. The molecule has 0 spiro atoms. The van der Waals surface area contributed by atoms with E-state index >= 15 is 0 Å². The van der Waals surface area contributed by atoms with Crippen LogP contribution in [0.25, 0.3) is 22.4 Å². The molecule has 3 heterocycles. The van der Waals surface area contributed by atoms with Crippen molar-refractivity contribution >= 4 is 22.6 Å². The SMILES string of the molecule is COc1ccccc1NC(=O)Cn1nc(C)c2c(-c3ccco3)ccnc21. The zero-order valence-electron chi connectivity index (χ0n) is 15.0. The molecule has 0 aliphatic heterocycles. The number of anilines is 1. The molecule has 27 heavy (non-hydrogen) atoms. The van der Waals surface area contributed by atoms with E-state index in [4.69, 9.17) is 9.15 Å². The van der Waals surface area contributed by atoms with Crippen LogP contribution >= 0.6 is 0 Å². The number of carbonyl (C=O) groups is 1. The lowest BCUT2D eigenvalue weighted by Gasteiger charge is -2.10. The molecular weight excluding hydrogens is 344 g/mol. The first-order valence-corrected chi connectivity index (χ1v) is 8.46. The quantitative estimate of drug-likeness (QED) is 0.586. The number of aromatic nitrogens is 3. The van der Waals surface area contributed by atoms with Crippen LogP contribution in [0, 0.1) is 6.92 Å². The number of rotatable bonds is 5. The van der Waals surface area contributed by atoms with Crippen molar-refractivity contribution < 1.29 is 13.9 Å². The van der Waals surface area contributed by atoms with Crippen molar-refractivity contribution in [3.8, 4) is 17.1 Å². The summed E-state index contributed by atoms with van der Waals surface area (Å²) in [6.45, 7) is 1.93. The van der Waals surface area contributed by atoms with Crippen LogP contribution in [0.3, 0.4) is 0 Å². The van der Waals surface area contributed by atoms with Gasteiger partial charge in [-0.2, -0.15) is 5.10 Å². The molecule has 0 unspecified atom stereocenters. The molecule has 0 atom stereocenters. The first-order chi connectivity index (χ1) is 13.2. The largest absolute Gasteiger partial charge is 0.495 e. The zero-order valence-corrected chi connectivity index (χ0v) is 15.0. The van der Waals surface area contributed by atoms with Crippen LogP contribution in [0.2, 0.25) is 0 Å². The Hall–Kier alpha value is -3.61. The molecule has 0 saturated carbocycles. The predicted molar refractivity (Wildman–Crippen MR) is 102 cm³/mol.